The zero-order chi connectivity index (χ0) is 22.1. The maximum absolute atomic E-state index is 14.3. The molecule has 4 N–H and O–H groups in total. The molecule has 3 rings (SSSR count). The summed E-state index contributed by atoms with van der Waals surface area (Å²) in [6.45, 7) is 0.357. The van der Waals surface area contributed by atoms with E-state index in [-0.39, 0.29) is 24.5 Å². The van der Waals surface area contributed by atoms with Gasteiger partial charge in [0.15, 0.2) is 11.6 Å². The average Bonchev–Trinajstić information content (AvgIpc) is 3.17. The van der Waals surface area contributed by atoms with Crippen LogP contribution in [0.5, 0.6) is 5.75 Å². The largest absolute Gasteiger partial charge is 0.491 e. The summed E-state index contributed by atoms with van der Waals surface area (Å²) in [5.41, 5.74) is 3.81. The highest BCUT2D eigenvalue weighted by Crippen LogP contribution is 2.23. The molecule has 0 saturated heterocycles. The van der Waals surface area contributed by atoms with E-state index in [9.17, 15) is 14.0 Å². The highest BCUT2D eigenvalue weighted by molar-refractivity contribution is 5.95. The van der Waals surface area contributed by atoms with Crippen LogP contribution in [0.4, 0.5) is 10.1 Å². The van der Waals surface area contributed by atoms with Crippen molar-refractivity contribution in [3.63, 3.8) is 0 Å². The molecule has 1 heterocycles. The average molecular weight is 427 g/mol. The minimum absolute atomic E-state index is 0.134. The number of hydrogen-bond acceptors (Lipinski definition) is 4. The van der Waals surface area contributed by atoms with Crippen molar-refractivity contribution < 1.29 is 23.9 Å². The number of nitrogens with one attached hydrogen (secondary N) is 3. The molecule has 0 spiro atoms. The molecule has 0 aliphatic carbocycles. The van der Waals surface area contributed by atoms with Crippen LogP contribution in [0.3, 0.4) is 0 Å². The van der Waals surface area contributed by atoms with Crippen LogP contribution in [0.25, 0.3) is 10.9 Å². The van der Waals surface area contributed by atoms with Gasteiger partial charge in [0.25, 0.3) is 0 Å². The molecular formula is C23H26FN3O4. The lowest BCUT2D eigenvalue weighted by molar-refractivity contribution is -0.129. The highest BCUT2D eigenvalue weighted by Gasteiger charge is 2.11. The quantitative estimate of drug-likeness (QED) is 0.208. The lowest BCUT2D eigenvalue weighted by atomic mass is 10.1. The summed E-state index contributed by atoms with van der Waals surface area (Å²) in [5, 5.41) is 12.1. The van der Waals surface area contributed by atoms with Crippen LogP contribution in [-0.4, -0.2) is 28.6 Å². The van der Waals surface area contributed by atoms with E-state index in [1.54, 1.807) is 11.5 Å². The summed E-state index contributed by atoms with van der Waals surface area (Å²) < 4.78 is 19.8. The molecule has 1 aromatic heterocycles. The number of anilines is 1. The maximum Gasteiger partial charge on any atom is 0.243 e. The molecule has 0 atom stereocenters. The number of aromatic nitrogens is 1. The summed E-state index contributed by atoms with van der Waals surface area (Å²) in [4.78, 5) is 26.4. The molecule has 2 amide bonds. The Hall–Kier alpha value is -3.39. The summed E-state index contributed by atoms with van der Waals surface area (Å²) in [6.07, 6.45) is 5.33. The fourth-order valence-electron chi connectivity index (χ4n) is 3.33. The number of benzene rings is 2. The highest BCUT2D eigenvalue weighted by atomic mass is 19.1. The Morgan fingerprint density at radius 2 is 1.84 bits per heavy atom. The first-order valence-corrected chi connectivity index (χ1v) is 10.3. The normalized spacial score (nSPS) is 10.8. The van der Waals surface area contributed by atoms with Crippen molar-refractivity contribution in [2.45, 2.75) is 38.5 Å². The summed E-state index contributed by atoms with van der Waals surface area (Å²) >= 11 is 0. The van der Waals surface area contributed by atoms with Gasteiger partial charge in [-0.05, 0) is 36.6 Å². The van der Waals surface area contributed by atoms with Gasteiger partial charge >= 0.3 is 0 Å². The second kappa shape index (κ2) is 11.1. The number of aromatic amines is 1. The van der Waals surface area contributed by atoms with Crippen LogP contribution in [0, 0.1) is 5.82 Å². The van der Waals surface area contributed by atoms with Crippen LogP contribution in [-0.2, 0) is 16.0 Å². The van der Waals surface area contributed by atoms with Gasteiger partial charge in [-0.3, -0.25) is 14.8 Å². The lowest BCUT2D eigenvalue weighted by Crippen LogP contribution is -2.17. The molecule has 0 aliphatic rings. The number of hydroxylamine groups is 1. The number of para-hydroxylation sites is 1. The zero-order valence-electron chi connectivity index (χ0n) is 17.1. The Balaban J connectivity index is 1.42. The third kappa shape index (κ3) is 6.55. The summed E-state index contributed by atoms with van der Waals surface area (Å²) in [6, 6.07) is 12.1. The van der Waals surface area contributed by atoms with Gasteiger partial charge in [-0.25, -0.2) is 9.87 Å². The monoisotopic (exact) mass is 427 g/mol. The van der Waals surface area contributed by atoms with Gasteiger partial charge in [-0.2, -0.15) is 0 Å². The van der Waals surface area contributed by atoms with E-state index in [2.05, 4.69) is 10.3 Å². The third-order valence-electron chi connectivity index (χ3n) is 4.92. The van der Waals surface area contributed by atoms with Crippen molar-refractivity contribution in [2.75, 3.05) is 11.9 Å². The van der Waals surface area contributed by atoms with Crippen molar-refractivity contribution in [3.05, 3.63) is 60.0 Å². The SMILES string of the molecule is O=C(CCCCCCOc1ccc(NC(=O)Cc2c[nH]c3ccccc23)cc1F)NO. The summed E-state index contributed by atoms with van der Waals surface area (Å²) in [7, 11) is 0. The van der Waals surface area contributed by atoms with Crippen molar-refractivity contribution in [2.24, 2.45) is 0 Å². The second-order valence-electron chi connectivity index (χ2n) is 7.28. The number of carbonyl (C=O) groups is 2. The minimum atomic E-state index is -0.537. The van der Waals surface area contributed by atoms with Crippen LogP contribution < -0.4 is 15.5 Å². The van der Waals surface area contributed by atoms with E-state index in [4.69, 9.17) is 9.94 Å². The fraction of sp³-hybridized carbons (Fsp3) is 0.304. The van der Waals surface area contributed by atoms with Crippen LogP contribution in [0.15, 0.2) is 48.7 Å². The standard InChI is InChI=1S/C23H26FN3O4/c24-19-14-17(10-11-21(19)31-12-6-2-1-3-9-22(28)27-30)26-23(29)13-16-15-25-20-8-5-4-7-18(16)20/h4-5,7-8,10-11,14-15,25,30H,1-3,6,9,12-13H2,(H,26,29)(H,27,28). The number of halogens is 1. The molecule has 3 aromatic rings. The van der Waals surface area contributed by atoms with Gasteiger partial charge in [0.1, 0.15) is 0 Å². The van der Waals surface area contributed by atoms with E-state index < -0.39 is 11.7 Å². The number of fused-ring (bicyclic) bond motifs is 1. The number of ether oxygens (including phenoxy) is 1. The Bertz CT molecular complexity index is 1030. The Labute approximate surface area is 179 Å². The molecule has 31 heavy (non-hydrogen) atoms. The molecule has 7 nitrogen and oxygen atoms in total. The van der Waals surface area contributed by atoms with E-state index in [1.807, 2.05) is 30.5 Å². The maximum atomic E-state index is 14.3. The van der Waals surface area contributed by atoms with Gasteiger partial charge in [0.05, 0.1) is 13.0 Å². The van der Waals surface area contributed by atoms with Crippen molar-refractivity contribution in [1.29, 1.82) is 0 Å². The first-order valence-electron chi connectivity index (χ1n) is 10.3. The molecule has 164 valence electrons. The zero-order valence-corrected chi connectivity index (χ0v) is 17.1. The predicted molar refractivity (Wildman–Crippen MR) is 116 cm³/mol. The molecule has 0 fully saturated rings. The Morgan fingerprint density at radius 3 is 2.65 bits per heavy atom. The van der Waals surface area contributed by atoms with E-state index in [0.29, 0.717) is 18.7 Å². The predicted octanol–water partition coefficient (Wildman–Crippen LogP) is 4.32. The van der Waals surface area contributed by atoms with Crippen LogP contribution >= 0.6 is 0 Å². The van der Waals surface area contributed by atoms with Gasteiger partial charge < -0.3 is 15.0 Å². The molecule has 0 unspecified atom stereocenters. The number of hydrogen-bond donors (Lipinski definition) is 4. The van der Waals surface area contributed by atoms with Crippen molar-refractivity contribution >= 4 is 28.4 Å². The van der Waals surface area contributed by atoms with E-state index in [1.165, 1.54) is 12.1 Å². The number of rotatable bonds is 11. The van der Waals surface area contributed by atoms with Crippen LogP contribution in [0.1, 0.15) is 37.7 Å². The first kappa shape index (κ1) is 22.3. The fourth-order valence-corrected chi connectivity index (χ4v) is 3.33. The molecule has 0 radical (unpaired) electrons. The number of unbranched alkanes of at least 4 members (excludes halogenated alkanes) is 3. The smallest absolute Gasteiger partial charge is 0.243 e. The third-order valence-corrected chi connectivity index (χ3v) is 4.92. The Morgan fingerprint density at radius 1 is 1.03 bits per heavy atom. The minimum Gasteiger partial charge on any atom is -0.491 e. The number of carbonyl (C=O) groups excluding carboxylic acids is 2. The van der Waals surface area contributed by atoms with Gasteiger partial charge in [0, 0.05) is 35.3 Å². The Kier molecular flexibility index (Phi) is 8.00. The van der Waals surface area contributed by atoms with Gasteiger partial charge in [-0.15, -0.1) is 0 Å². The molecule has 0 saturated carbocycles. The van der Waals surface area contributed by atoms with E-state index in [0.717, 1.165) is 35.7 Å². The van der Waals surface area contributed by atoms with Crippen molar-refractivity contribution in [1.82, 2.24) is 10.5 Å². The number of H-pyrrole nitrogens is 1. The first-order chi connectivity index (χ1) is 15.1. The molecule has 8 heteroatoms. The van der Waals surface area contributed by atoms with Gasteiger partial charge in [0.2, 0.25) is 11.8 Å². The van der Waals surface area contributed by atoms with Crippen molar-refractivity contribution in [3.8, 4) is 5.75 Å². The lowest BCUT2D eigenvalue weighted by Gasteiger charge is -2.10. The van der Waals surface area contributed by atoms with Gasteiger partial charge in [-0.1, -0.05) is 31.0 Å². The second-order valence-corrected chi connectivity index (χ2v) is 7.28. The van der Waals surface area contributed by atoms with Crippen LogP contribution in [0.2, 0.25) is 0 Å². The number of amides is 2. The molecule has 0 bridgehead atoms. The molecular weight excluding hydrogens is 401 g/mol. The summed E-state index contributed by atoms with van der Waals surface area (Å²) in [5.74, 6) is -1.03. The topological polar surface area (TPSA) is 103 Å². The molecule has 2 aromatic carbocycles. The molecule has 0 aliphatic heterocycles. The van der Waals surface area contributed by atoms with E-state index >= 15 is 0 Å².